The van der Waals surface area contributed by atoms with Crippen molar-refractivity contribution in [2.45, 2.75) is 69.2 Å². The van der Waals surface area contributed by atoms with E-state index in [0.29, 0.717) is 54.5 Å². The van der Waals surface area contributed by atoms with Crippen LogP contribution in [0.1, 0.15) is 74.3 Å². The van der Waals surface area contributed by atoms with Gasteiger partial charge in [0.05, 0.1) is 6.08 Å². The number of phenols is 2. The Morgan fingerprint density at radius 3 is 1.85 bits per heavy atom. The summed E-state index contributed by atoms with van der Waals surface area (Å²) in [5, 5.41) is 28.8. The molecule has 3 aliphatic carbocycles. The van der Waals surface area contributed by atoms with E-state index in [0.717, 1.165) is 38.2 Å². The molecule has 0 amide bonds. The van der Waals surface area contributed by atoms with E-state index in [4.69, 9.17) is 10.8 Å². The van der Waals surface area contributed by atoms with Crippen LogP contribution in [0.3, 0.4) is 0 Å². The number of carbonyl (C=O) groups is 1. The summed E-state index contributed by atoms with van der Waals surface area (Å²) in [7, 11) is 0. The topological polar surface area (TPSA) is 120 Å². The van der Waals surface area contributed by atoms with Crippen LogP contribution >= 0.6 is 0 Å². The number of aromatic hydroxyl groups is 2. The van der Waals surface area contributed by atoms with Crippen molar-refractivity contribution < 1.29 is 15.0 Å². The standard InChI is InChI=1S/C20H26N2O.C12H14O2.C8H11N2/c23-20-12-8-17(9-13-20)16-6-10-19(11-7-16)22-15-14-21-18-4-2-1-3-5-18;13-11-5-1-9(2-6-11)10-3-7-12(14)8-4-10;9-6-7-10-8-4-2-1-3-5-8/h1-5,8-9,12-13,16,19,21-23H,6-7,10-11,14-15H2;1-2,5-6,10,13H,3-4,7-8H2;1-2,4-5,10H,6-7,9H2/q;;+1. The van der Waals surface area contributed by atoms with Gasteiger partial charge in [0, 0.05) is 62.9 Å². The summed E-state index contributed by atoms with van der Waals surface area (Å²) in [5.74, 6) is 2.21. The molecule has 7 heteroatoms. The lowest BCUT2D eigenvalue weighted by molar-refractivity contribution is -0.120. The maximum atomic E-state index is 11.1. The van der Waals surface area contributed by atoms with Crippen LogP contribution in [0, 0.1) is 6.08 Å². The number of Topliss-reactive ketones (excluding diaryl/α,β-unsaturated/α-hetero) is 1. The number of anilines is 1. The van der Waals surface area contributed by atoms with Gasteiger partial charge in [-0.3, -0.25) is 4.79 Å². The molecule has 2 fully saturated rings. The lowest BCUT2D eigenvalue weighted by atomic mass is 9.82. The van der Waals surface area contributed by atoms with E-state index in [-0.39, 0.29) is 0 Å². The van der Waals surface area contributed by atoms with Crippen molar-refractivity contribution in [1.29, 1.82) is 0 Å². The average Bonchev–Trinajstić information content (AvgIpc) is 3.12. The summed E-state index contributed by atoms with van der Waals surface area (Å²) in [6, 6.07) is 26.1. The smallest absolute Gasteiger partial charge is 0.146 e. The van der Waals surface area contributed by atoms with Crippen molar-refractivity contribution in [3.05, 3.63) is 126 Å². The third kappa shape index (κ3) is 13.1. The minimum absolute atomic E-state index is 0.306. The zero-order chi connectivity index (χ0) is 33.1. The van der Waals surface area contributed by atoms with E-state index < -0.39 is 0 Å². The molecule has 3 aromatic carbocycles. The van der Waals surface area contributed by atoms with Crippen molar-refractivity contribution in [3.8, 4) is 11.5 Å². The van der Waals surface area contributed by atoms with Crippen molar-refractivity contribution in [1.82, 2.24) is 10.6 Å². The largest absolute Gasteiger partial charge is 0.508 e. The van der Waals surface area contributed by atoms with E-state index in [1.165, 1.54) is 42.5 Å². The fourth-order valence-corrected chi connectivity index (χ4v) is 6.16. The van der Waals surface area contributed by atoms with Crippen molar-refractivity contribution in [3.63, 3.8) is 0 Å². The van der Waals surface area contributed by atoms with Crippen molar-refractivity contribution in [2.75, 3.05) is 31.5 Å². The SMILES string of the molecule is NCCNC1=CC=C[C+]=C1.O=C1CCC(c2ccc(O)cc2)CC1.Oc1ccc(C2CCC(NCCNc3ccccc3)CC2)cc1. The molecule has 7 N–H and O–H groups in total. The molecule has 47 heavy (non-hydrogen) atoms. The van der Waals surface area contributed by atoms with Gasteiger partial charge in [-0.05, 0) is 97.9 Å². The number of phenolic OH excluding ortho intramolecular Hbond substituents is 2. The Hall–Kier alpha value is -4.42. The van der Waals surface area contributed by atoms with Gasteiger partial charge in [-0.2, -0.15) is 0 Å². The van der Waals surface area contributed by atoms with Gasteiger partial charge in [-0.15, -0.1) is 0 Å². The molecule has 6 rings (SSSR count). The van der Waals surface area contributed by atoms with Gasteiger partial charge in [-0.1, -0.05) is 42.5 Å². The quantitative estimate of drug-likeness (QED) is 0.104. The molecule has 0 saturated heterocycles. The van der Waals surface area contributed by atoms with Crippen LogP contribution in [0.5, 0.6) is 11.5 Å². The highest BCUT2D eigenvalue weighted by molar-refractivity contribution is 5.79. The Kier molecular flexibility index (Phi) is 15.0. The predicted molar refractivity (Wildman–Crippen MR) is 192 cm³/mol. The second kappa shape index (κ2) is 20.0. The van der Waals surface area contributed by atoms with Gasteiger partial charge in [0.25, 0.3) is 0 Å². The summed E-state index contributed by atoms with van der Waals surface area (Å²) in [6.45, 7) is 3.44. The van der Waals surface area contributed by atoms with E-state index in [9.17, 15) is 9.90 Å². The van der Waals surface area contributed by atoms with Crippen LogP contribution in [-0.4, -0.2) is 48.2 Å². The number of nitrogens with two attached hydrogens (primary N) is 1. The first-order valence-corrected chi connectivity index (χ1v) is 17.0. The maximum absolute atomic E-state index is 11.1. The van der Waals surface area contributed by atoms with Crippen molar-refractivity contribution >= 4 is 11.5 Å². The Morgan fingerprint density at radius 2 is 1.30 bits per heavy atom. The number of benzene rings is 3. The first-order chi connectivity index (χ1) is 23.0. The zero-order valence-corrected chi connectivity index (χ0v) is 27.4. The normalized spacial score (nSPS) is 18.8. The molecule has 7 nitrogen and oxygen atoms in total. The summed E-state index contributed by atoms with van der Waals surface area (Å²) >= 11 is 0. The highest BCUT2D eigenvalue weighted by Crippen LogP contribution is 2.34. The highest BCUT2D eigenvalue weighted by atomic mass is 16.3. The van der Waals surface area contributed by atoms with Crippen LogP contribution in [-0.2, 0) is 4.79 Å². The fraction of sp³-hybridized carbons (Fsp3) is 0.375. The van der Waals surface area contributed by atoms with Crippen LogP contribution in [0.4, 0.5) is 5.69 Å². The van der Waals surface area contributed by atoms with E-state index >= 15 is 0 Å². The molecule has 0 atom stereocenters. The second-order valence-electron chi connectivity index (χ2n) is 12.3. The number of nitrogens with one attached hydrogen (secondary N) is 3. The molecule has 3 aliphatic rings. The number of rotatable bonds is 10. The molecular weight excluding hydrogens is 584 g/mol. The summed E-state index contributed by atoms with van der Waals surface area (Å²) in [6.07, 6.45) is 18.9. The fourth-order valence-electron chi connectivity index (χ4n) is 6.16. The van der Waals surface area contributed by atoms with Crippen LogP contribution in [0.2, 0.25) is 0 Å². The minimum Gasteiger partial charge on any atom is -0.508 e. The van der Waals surface area contributed by atoms with Crippen LogP contribution < -0.4 is 21.7 Å². The third-order valence-corrected chi connectivity index (χ3v) is 8.84. The number of allylic oxidation sites excluding steroid dienone is 5. The zero-order valence-electron chi connectivity index (χ0n) is 27.4. The maximum Gasteiger partial charge on any atom is 0.146 e. The van der Waals surface area contributed by atoms with Crippen LogP contribution in [0.25, 0.3) is 0 Å². The van der Waals surface area contributed by atoms with E-state index in [1.807, 2.05) is 42.5 Å². The van der Waals surface area contributed by atoms with Gasteiger partial charge < -0.3 is 31.9 Å². The summed E-state index contributed by atoms with van der Waals surface area (Å²) in [5.41, 5.74) is 10.2. The minimum atomic E-state index is 0.306. The molecule has 0 aliphatic heterocycles. The number of hydrogen-bond donors (Lipinski definition) is 6. The highest BCUT2D eigenvalue weighted by Gasteiger charge is 2.22. The Labute approximate surface area is 280 Å². The van der Waals surface area contributed by atoms with Gasteiger partial charge in [0.2, 0.25) is 0 Å². The number of carbonyl (C=O) groups excluding carboxylic acids is 1. The van der Waals surface area contributed by atoms with Gasteiger partial charge in [0.1, 0.15) is 35.1 Å². The molecule has 0 aromatic heterocycles. The van der Waals surface area contributed by atoms with Crippen molar-refractivity contribution in [2.24, 2.45) is 5.73 Å². The molecule has 0 radical (unpaired) electrons. The van der Waals surface area contributed by atoms with Crippen LogP contribution in [0.15, 0.2) is 109 Å². The Bertz CT molecular complexity index is 1400. The molecule has 0 bridgehead atoms. The lowest BCUT2D eigenvalue weighted by Gasteiger charge is -2.29. The lowest BCUT2D eigenvalue weighted by Crippen LogP contribution is -2.35. The Balaban J connectivity index is 0.000000177. The van der Waals surface area contributed by atoms with Gasteiger partial charge in [0.15, 0.2) is 0 Å². The molecule has 0 heterocycles. The first-order valence-electron chi connectivity index (χ1n) is 17.0. The van der Waals surface area contributed by atoms with E-state index in [2.05, 4.69) is 58.4 Å². The second-order valence-corrected chi connectivity index (χ2v) is 12.3. The summed E-state index contributed by atoms with van der Waals surface area (Å²) in [4.78, 5) is 11.1. The molecular formula is C40H51N4O3+. The molecule has 0 spiro atoms. The number of ketones is 1. The molecule has 2 saturated carbocycles. The third-order valence-electron chi connectivity index (χ3n) is 8.84. The van der Waals surface area contributed by atoms with E-state index in [1.54, 1.807) is 24.3 Å². The summed E-state index contributed by atoms with van der Waals surface area (Å²) < 4.78 is 0. The number of para-hydroxylation sites is 1. The molecule has 3 aromatic rings. The average molecular weight is 636 g/mol. The van der Waals surface area contributed by atoms with Gasteiger partial charge in [-0.25, -0.2) is 0 Å². The molecule has 248 valence electrons. The van der Waals surface area contributed by atoms with Gasteiger partial charge >= 0.3 is 0 Å². The number of hydrogen-bond acceptors (Lipinski definition) is 7. The first kappa shape index (κ1) is 35.4. The molecule has 0 unspecified atom stereocenters. The monoisotopic (exact) mass is 635 g/mol. The Morgan fingerprint density at radius 1 is 0.702 bits per heavy atom. The predicted octanol–water partition coefficient (Wildman–Crippen LogP) is 7.09.